The van der Waals surface area contributed by atoms with Crippen molar-refractivity contribution in [3.05, 3.63) is 29.8 Å². The lowest BCUT2D eigenvalue weighted by atomic mass is 9.83. The third kappa shape index (κ3) is 6.06. The molecular weight excluding hydrogens is 262 g/mol. The highest BCUT2D eigenvalue weighted by Crippen LogP contribution is 2.27. The molecule has 1 unspecified atom stereocenters. The molecule has 21 heavy (non-hydrogen) atoms. The lowest BCUT2D eigenvalue weighted by Gasteiger charge is -2.26. The minimum atomic E-state index is 0.633. The van der Waals surface area contributed by atoms with Crippen LogP contribution in [-0.4, -0.2) is 33.9 Å². The summed E-state index contributed by atoms with van der Waals surface area (Å²) in [6.07, 6.45) is 3.51. The van der Waals surface area contributed by atoms with E-state index in [1.165, 1.54) is 18.4 Å². The molecule has 0 aliphatic carbocycles. The summed E-state index contributed by atoms with van der Waals surface area (Å²) in [6.45, 7) is 7.30. The van der Waals surface area contributed by atoms with Gasteiger partial charge in [-0.15, -0.1) is 0 Å². The SMILES string of the molecule is CCC(CC)C(CNCCOC)Cc1ccccc1OC. The summed E-state index contributed by atoms with van der Waals surface area (Å²) in [6, 6.07) is 8.37. The Hall–Kier alpha value is -1.06. The molecule has 1 aromatic rings. The van der Waals surface area contributed by atoms with Gasteiger partial charge in [0.15, 0.2) is 0 Å². The maximum atomic E-state index is 5.50. The molecule has 0 amide bonds. The number of methoxy groups -OCH3 is 2. The van der Waals surface area contributed by atoms with Gasteiger partial charge < -0.3 is 14.8 Å². The van der Waals surface area contributed by atoms with Gasteiger partial charge in [-0.25, -0.2) is 0 Å². The Bertz CT molecular complexity index is 377. The number of benzene rings is 1. The van der Waals surface area contributed by atoms with E-state index in [-0.39, 0.29) is 0 Å². The van der Waals surface area contributed by atoms with Crippen LogP contribution in [0.15, 0.2) is 24.3 Å². The van der Waals surface area contributed by atoms with E-state index < -0.39 is 0 Å². The van der Waals surface area contributed by atoms with Crippen molar-refractivity contribution in [3.63, 3.8) is 0 Å². The first kappa shape index (κ1) is 18.0. The van der Waals surface area contributed by atoms with Gasteiger partial charge in [0.2, 0.25) is 0 Å². The van der Waals surface area contributed by atoms with E-state index in [9.17, 15) is 0 Å². The molecule has 0 aliphatic rings. The van der Waals surface area contributed by atoms with Crippen molar-refractivity contribution in [2.24, 2.45) is 11.8 Å². The van der Waals surface area contributed by atoms with Crippen LogP contribution in [0.5, 0.6) is 5.75 Å². The van der Waals surface area contributed by atoms with Crippen molar-refractivity contribution in [2.45, 2.75) is 33.1 Å². The highest BCUT2D eigenvalue weighted by atomic mass is 16.5. The van der Waals surface area contributed by atoms with Crippen LogP contribution in [0.3, 0.4) is 0 Å². The molecule has 3 heteroatoms. The van der Waals surface area contributed by atoms with E-state index in [2.05, 4.69) is 37.4 Å². The average molecular weight is 293 g/mol. The van der Waals surface area contributed by atoms with E-state index in [1.807, 2.05) is 6.07 Å². The molecule has 0 radical (unpaired) electrons. The largest absolute Gasteiger partial charge is 0.496 e. The first-order chi connectivity index (χ1) is 10.3. The van der Waals surface area contributed by atoms with Gasteiger partial charge in [-0.05, 0) is 36.4 Å². The van der Waals surface area contributed by atoms with Gasteiger partial charge in [-0.2, -0.15) is 0 Å². The first-order valence-electron chi connectivity index (χ1n) is 8.08. The van der Waals surface area contributed by atoms with Gasteiger partial charge in [0, 0.05) is 13.7 Å². The third-order valence-corrected chi connectivity index (χ3v) is 4.28. The summed E-state index contributed by atoms with van der Waals surface area (Å²) in [4.78, 5) is 0. The zero-order valence-electron chi connectivity index (χ0n) is 14.0. The normalized spacial score (nSPS) is 12.6. The fourth-order valence-corrected chi connectivity index (χ4v) is 2.98. The summed E-state index contributed by atoms with van der Waals surface area (Å²) in [7, 11) is 3.50. The topological polar surface area (TPSA) is 30.5 Å². The van der Waals surface area contributed by atoms with E-state index in [0.29, 0.717) is 5.92 Å². The standard InChI is InChI=1S/C18H31NO2/c1-5-15(6-2)17(14-19-11-12-20-3)13-16-9-7-8-10-18(16)21-4/h7-10,15,17,19H,5-6,11-14H2,1-4H3. The molecule has 0 saturated carbocycles. The molecule has 0 aromatic heterocycles. The second kappa shape index (κ2) is 10.6. The predicted molar refractivity (Wildman–Crippen MR) is 89.0 cm³/mol. The van der Waals surface area contributed by atoms with Gasteiger partial charge in [0.05, 0.1) is 13.7 Å². The van der Waals surface area contributed by atoms with Crippen molar-refractivity contribution in [1.29, 1.82) is 0 Å². The fourth-order valence-electron chi connectivity index (χ4n) is 2.98. The summed E-state index contributed by atoms with van der Waals surface area (Å²) >= 11 is 0. The highest BCUT2D eigenvalue weighted by Gasteiger charge is 2.20. The van der Waals surface area contributed by atoms with Gasteiger partial charge >= 0.3 is 0 Å². The van der Waals surface area contributed by atoms with Crippen molar-refractivity contribution < 1.29 is 9.47 Å². The highest BCUT2D eigenvalue weighted by molar-refractivity contribution is 5.33. The molecular formula is C18H31NO2. The molecule has 0 spiro atoms. The van der Waals surface area contributed by atoms with E-state index in [4.69, 9.17) is 9.47 Å². The number of hydrogen-bond donors (Lipinski definition) is 1. The maximum Gasteiger partial charge on any atom is 0.122 e. The lowest BCUT2D eigenvalue weighted by Crippen LogP contribution is -2.31. The fraction of sp³-hybridized carbons (Fsp3) is 0.667. The summed E-state index contributed by atoms with van der Waals surface area (Å²) in [5, 5.41) is 3.53. The predicted octanol–water partition coefficient (Wildman–Crippen LogP) is 3.53. The third-order valence-electron chi connectivity index (χ3n) is 4.28. The number of para-hydroxylation sites is 1. The number of rotatable bonds is 11. The van der Waals surface area contributed by atoms with Crippen LogP contribution in [0.2, 0.25) is 0 Å². The Morgan fingerprint density at radius 2 is 1.76 bits per heavy atom. The minimum Gasteiger partial charge on any atom is -0.496 e. The van der Waals surface area contributed by atoms with Crippen molar-refractivity contribution in [3.8, 4) is 5.75 Å². The molecule has 0 aliphatic heterocycles. The maximum absolute atomic E-state index is 5.50. The van der Waals surface area contributed by atoms with E-state index in [1.54, 1.807) is 14.2 Å². The molecule has 1 atom stereocenters. The summed E-state index contributed by atoms with van der Waals surface area (Å²) in [5.74, 6) is 2.38. The quantitative estimate of drug-likeness (QED) is 0.633. The van der Waals surface area contributed by atoms with E-state index in [0.717, 1.165) is 37.8 Å². The van der Waals surface area contributed by atoms with Crippen LogP contribution >= 0.6 is 0 Å². The van der Waals surface area contributed by atoms with Gasteiger partial charge in [-0.3, -0.25) is 0 Å². The molecule has 0 bridgehead atoms. The van der Waals surface area contributed by atoms with Gasteiger partial charge in [0.1, 0.15) is 5.75 Å². The summed E-state index contributed by atoms with van der Waals surface area (Å²) < 4.78 is 10.6. The van der Waals surface area contributed by atoms with Crippen LogP contribution < -0.4 is 10.1 Å². The van der Waals surface area contributed by atoms with Gasteiger partial charge in [-0.1, -0.05) is 44.9 Å². The Morgan fingerprint density at radius 1 is 1.05 bits per heavy atom. The smallest absolute Gasteiger partial charge is 0.122 e. The van der Waals surface area contributed by atoms with Crippen LogP contribution in [-0.2, 0) is 11.2 Å². The number of hydrogen-bond acceptors (Lipinski definition) is 3. The van der Waals surface area contributed by atoms with Crippen LogP contribution in [0, 0.1) is 11.8 Å². The lowest BCUT2D eigenvalue weighted by molar-refractivity contribution is 0.194. The van der Waals surface area contributed by atoms with Crippen LogP contribution in [0.4, 0.5) is 0 Å². The number of ether oxygens (including phenoxy) is 2. The molecule has 1 N–H and O–H groups in total. The van der Waals surface area contributed by atoms with Crippen molar-refractivity contribution in [1.82, 2.24) is 5.32 Å². The minimum absolute atomic E-state index is 0.633. The Kier molecular flexibility index (Phi) is 9.11. The molecule has 1 rings (SSSR count). The number of nitrogens with one attached hydrogen (secondary N) is 1. The van der Waals surface area contributed by atoms with E-state index >= 15 is 0 Å². The van der Waals surface area contributed by atoms with Crippen molar-refractivity contribution >= 4 is 0 Å². The Labute approximate surface area is 130 Å². The molecule has 120 valence electrons. The average Bonchev–Trinajstić information content (AvgIpc) is 2.52. The van der Waals surface area contributed by atoms with Crippen molar-refractivity contribution in [2.75, 3.05) is 33.9 Å². The second-order valence-electron chi connectivity index (χ2n) is 5.55. The molecule has 0 fully saturated rings. The molecule has 3 nitrogen and oxygen atoms in total. The van der Waals surface area contributed by atoms with Crippen LogP contribution in [0.1, 0.15) is 32.3 Å². The zero-order valence-corrected chi connectivity index (χ0v) is 14.0. The zero-order chi connectivity index (χ0) is 15.5. The van der Waals surface area contributed by atoms with Crippen LogP contribution in [0.25, 0.3) is 0 Å². The van der Waals surface area contributed by atoms with Gasteiger partial charge in [0.25, 0.3) is 0 Å². The molecule has 0 saturated heterocycles. The second-order valence-corrected chi connectivity index (χ2v) is 5.55. The monoisotopic (exact) mass is 293 g/mol. The molecule has 1 aromatic carbocycles. The summed E-state index contributed by atoms with van der Waals surface area (Å²) in [5.41, 5.74) is 1.31. The molecule has 0 heterocycles. The Morgan fingerprint density at radius 3 is 2.38 bits per heavy atom. The first-order valence-corrected chi connectivity index (χ1v) is 8.08. The Balaban J connectivity index is 2.71.